The van der Waals surface area contributed by atoms with Crippen LogP contribution in [0.15, 0.2) is 23.2 Å². The second-order valence-corrected chi connectivity index (χ2v) is 4.85. The van der Waals surface area contributed by atoms with E-state index in [-0.39, 0.29) is 24.0 Å². The Labute approximate surface area is 159 Å². The molecule has 0 atom stereocenters. The van der Waals surface area contributed by atoms with Crippen LogP contribution in [0.4, 0.5) is 8.78 Å². The molecule has 2 N–H and O–H groups in total. The lowest BCUT2D eigenvalue weighted by atomic mass is 10.1. The van der Waals surface area contributed by atoms with E-state index in [1.54, 1.807) is 0 Å². The van der Waals surface area contributed by atoms with E-state index in [1.165, 1.54) is 7.05 Å². The van der Waals surface area contributed by atoms with Gasteiger partial charge >= 0.3 is 0 Å². The van der Waals surface area contributed by atoms with Crippen LogP contribution in [-0.4, -0.2) is 45.8 Å². The van der Waals surface area contributed by atoms with Crippen molar-refractivity contribution in [2.24, 2.45) is 4.99 Å². The van der Waals surface area contributed by atoms with Gasteiger partial charge in [0.25, 0.3) is 6.43 Å². The van der Waals surface area contributed by atoms with Gasteiger partial charge in [-0.15, -0.1) is 24.0 Å². The van der Waals surface area contributed by atoms with E-state index in [0.29, 0.717) is 32.3 Å². The molecule has 1 aromatic carbocycles. The molecule has 0 bridgehead atoms. The number of rotatable bonds is 9. The molecule has 0 radical (unpaired) electrons. The Morgan fingerprint density at radius 2 is 2.00 bits per heavy atom. The highest BCUT2D eigenvalue weighted by Crippen LogP contribution is 2.20. The molecule has 0 aliphatic carbocycles. The minimum Gasteiger partial charge on any atom is -0.491 e. The van der Waals surface area contributed by atoms with Crippen molar-refractivity contribution in [1.82, 2.24) is 10.6 Å². The van der Waals surface area contributed by atoms with Crippen molar-refractivity contribution in [3.63, 3.8) is 0 Å². The van der Waals surface area contributed by atoms with Crippen LogP contribution in [0.3, 0.4) is 0 Å². The molecule has 0 spiro atoms. The molecule has 0 fully saturated rings. The molecule has 0 unspecified atom stereocenters. The van der Waals surface area contributed by atoms with Crippen LogP contribution >= 0.6 is 24.0 Å². The van der Waals surface area contributed by atoms with Crippen LogP contribution in [0, 0.1) is 6.92 Å². The molecule has 24 heavy (non-hydrogen) atoms. The zero-order chi connectivity index (χ0) is 17.1. The number of halogens is 3. The number of hydrogen-bond acceptors (Lipinski definition) is 3. The molecule has 0 amide bonds. The van der Waals surface area contributed by atoms with E-state index in [0.717, 1.165) is 16.9 Å². The molecule has 0 aliphatic rings. The molecular weight excluding hydrogens is 431 g/mol. The second-order valence-electron chi connectivity index (χ2n) is 4.85. The standard InChI is InChI=1S/C16H25F2N3O2.HI/c1-4-22-7-8-23-14-9-12(2)5-6-13(14)10-20-16(19-3)21-11-15(17)18;/h5-6,9,15H,4,7-8,10-11H2,1-3H3,(H2,19,20,21);1H. The summed E-state index contributed by atoms with van der Waals surface area (Å²) in [7, 11) is 1.54. The lowest BCUT2D eigenvalue weighted by molar-refractivity contribution is 0.110. The normalized spacial score (nSPS) is 11.2. The summed E-state index contributed by atoms with van der Waals surface area (Å²) >= 11 is 0. The molecule has 138 valence electrons. The van der Waals surface area contributed by atoms with Gasteiger partial charge in [0.15, 0.2) is 5.96 Å². The Bertz CT molecular complexity index is 502. The van der Waals surface area contributed by atoms with Crippen molar-refractivity contribution < 1.29 is 18.3 Å². The van der Waals surface area contributed by atoms with Crippen LogP contribution in [0.2, 0.25) is 0 Å². The van der Waals surface area contributed by atoms with E-state index in [9.17, 15) is 8.78 Å². The van der Waals surface area contributed by atoms with Crippen LogP contribution in [0.5, 0.6) is 5.75 Å². The average Bonchev–Trinajstić information content (AvgIpc) is 2.53. The molecular formula is C16H26F2IN3O2. The molecule has 0 saturated carbocycles. The minimum atomic E-state index is -2.43. The van der Waals surface area contributed by atoms with Crippen molar-refractivity contribution in [1.29, 1.82) is 0 Å². The van der Waals surface area contributed by atoms with Gasteiger partial charge in [-0.05, 0) is 25.5 Å². The van der Waals surface area contributed by atoms with E-state index in [4.69, 9.17) is 9.47 Å². The van der Waals surface area contributed by atoms with Crippen molar-refractivity contribution in [2.45, 2.75) is 26.8 Å². The third-order valence-electron chi connectivity index (χ3n) is 3.01. The highest BCUT2D eigenvalue weighted by Gasteiger charge is 2.07. The van der Waals surface area contributed by atoms with Gasteiger partial charge in [0.2, 0.25) is 0 Å². The van der Waals surface area contributed by atoms with Gasteiger partial charge in [-0.25, -0.2) is 8.78 Å². The fraction of sp³-hybridized carbons (Fsp3) is 0.562. The highest BCUT2D eigenvalue weighted by molar-refractivity contribution is 14.0. The van der Waals surface area contributed by atoms with E-state index >= 15 is 0 Å². The first-order valence-corrected chi connectivity index (χ1v) is 7.59. The predicted molar refractivity (Wildman–Crippen MR) is 103 cm³/mol. The smallest absolute Gasteiger partial charge is 0.255 e. The van der Waals surface area contributed by atoms with Crippen molar-refractivity contribution in [3.05, 3.63) is 29.3 Å². The number of benzene rings is 1. The summed E-state index contributed by atoms with van der Waals surface area (Å²) in [6.45, 7) is 5.53. The number of aryl methyl sites for hydroxylation is 1. The molecule has 0 saturated heterocycles. The lowest BCUT2D eigenvalue weighted by Crippen LogP contribution is -2.39. The molecule has 0 aliphatic heterocycles. The topological polar surface area (TPSA) is 54.9 Å². The number of ether oxygens (including phenoxy) is 2. The Kier molecular flexibility index (Phi) is 12.5. The third-order valence-corrected chi connectivity index (χ3v) is 3.01. The van der Waals surface area contributed by atoms with E-state index in [1.807, 2.05) is 32.0 Å². The Morgan fingerprint density at radius 1 is 1.25 bits per heavy atom. The maximum atomic E-state index is 12.2. The molecule has 0 aromatic heterocycles. The summed E-state index contributed by atoms with van der Waals surface area (Å²) < 4.78 is 35.4. The van der Waals surface area contributed by atoms with E-state index < -0.39 is 13.0 Å². The predicted octanol–water partition coefficient (Wildman–Crippen LogP) is 2.96. The maximum Gasteiger partial charge on any atom is 0.255 e. The Balaban J connectivity index is 0.00000529. The van der Waals surface area contributed by atoms with Crippen LogP contribution in [0.1, 0.15) is 18.1 Å². The number of nitrogens with zero attached hydrogens (tertiary/aromatic N) is 1. The average molecular weight is 457 g/mol. The number of hydrogen-bond donors (Lipinski definition) is 2. The number of aliphatic imine (C=N–C) groups is 1. The minimum absolute atomic E-state index is 0. The van der Waals surface area contributed by atoms with Gasteiger partial charge in [-0.1, -0.05) is 12.1 Å². The van der Waals surface area contributed by atoms with Gasteiger partial charge in [0.05, 0.1) is 13.2 Å². The molecule has 1 aromatic rings. The van der Waals surface area contributed by atoms with Crippen molar-refractivity contribution >= 4 is 29.9 Å². The van der Waals surface area contributed by atoms with Gasteiger partial charge in [0, 0.05) is 25.8 Å². The summed E-state index contributed by atoms with van der Waals surface area (Å²) in [4.78, 5) is 3.91. The summed E-state index contributed by atoms with van der Waals surface area (Å²) in [5.41, 5.74) is 2.01. The first kappa shape index (κ1) is 22.8. The van der Waals surface area contributed by atoms with Gasteiger partial charge in [0.1, 0.15) is 12.4 Å². The van der Waals surface area contributed by atoms with Crippen molar-refractivity contribution in [2.75, 3.05) is 33.4 Å². The monoisotopic (exact) mass is 457 g/mol. The zero-order valence-electron chi connectivity index (χ0n) is 14.3. The molecule has 0 heterocycles. The summed E-state index contributed by atoms with van der Waals surface area (Å²) in [6, 6.07) is 5.86. The third kappa shape index (κ3) is 9.21. The SMILES string of the molecule is CCOCCOc1cc(C)ccc1CNC(=NC)NCC(F)F.I. The number of alkyl halides is 2. The zero-order valence-corrected chi connectivity index (χ0v) is 16.6. The Morgan fingerprint density at radius 3 is 2.62 bits per heavy atom. The second kappa shape index (κ2) is 13.2. The fourth-order valence-electron chi connectivity index (χ4n) is 1.87. The Hall–Kier alpha value is -1.16. The number of nitrogens with one attached hydrogen (secondary N) is 2. The van der Waals surface area contributed by atoms with E-state index in [2.05, 4.69) is 15.6 Å². The lowest BCUT2D eigenvalue weighted by Gasteiger charge is -2.15. The van der Waals surface area contributed by atoms with Crippen LogP contribution in [0.25, 0.3) is 0 Å². The fourth-order valence-corrected chi connectivity index (χ4v) is 1.87. The summed E-state index contributed by atoms with van der Waals surface area (Å²) in [5.74, 6) is 1.08. The largest absolute Gasteiger partial charge is 0.491 e. The van der Waals surface area contributed by atoms with Gasteiger partial charge < -0.3 is 20.1 Å². The molecule has 8 heteroatoms. The molecule has 5 nitrogen and oxygen atoms in total. The highest BCUT2D eigenvalue weighted by atomic mass is 127. The van der Waals surface area contributed by atoms with Crippen molar-refractivity contribution in [3.8, 4) is 5.75 Å². The first-order valence-electron chi connectivity index (χ1n) is 7.59. The van der Waals surface area contributed by atoms with Crippen LogP contribution < -0.4 is 15.4 Å². The van der Waals surface area contributed by atoms with Gasteiger partial charge in [-0.3, -0.25) is 4.99 Å². The van der Waals surface area contributed by atoms with Crippen LogP contribution in [-0.2, 0) is 11.3 Å². The van der Waals surface area contributed by atoms with Gasteiger partial charge in [-0.2, -0.15) is 0 Å². The summed E-state index contributed by atoms with van der Waals surface area (Å²) in [6.07, 6.45) is -2.43. The maximum absolute atomic E-state index is 12.2. The quantitative estimate of drug-likeness (QED) is 0.259. The molecule has 1 rings (SSSR count). The first-order chi connectivity index (χ1) is 11.1. The summed E-state index contributed by atoms with van der Waals surface area (Å²) in [5, 5.41) is 5.55. The number of guanidine groups is 1.